The number of phenolic OH excluding ortho intramolecular Hbond substituents is 1. The van der Waals surface area contributed by atoms with E-state index in [9.17, 15) is 14.3 Å². The molecule has 196 valence electrons. The summed E-state index contributed by atoms with van der Waals surface area (Å²) in [5, 5.41) is 13.0. The van der Waals surface area contributed by atoms with Crippen molar-refractivity contribution in [2.75, 3.05) is 13.2 Å². The van der Waals surface area contributed by atoms with Gasteiger partial charge in [0.15, 0.2) is 0 Å². The topological polar surface area (TPSA) is 77.0 Å². The summed E-state index contributed by atoms with van der Waals surface area (Å²) in [4.78, 5) is 12.8. The molecule has 3 aromatic carbocycles. The molecule has 1 amide bonds. The van der Waals surface area contributed by atoms with Crippen LogP contribution < -0.4 is 5.32 Å². The van der Waals surface area contributed by atoms with Crippen molar-refractivity contribution in [3.05, 3.63) is 94.7 Å². The van der Waals surface area contributed by atoms with Crippen LogP contribution in [0.4, 0.5) is 9.18 Å². The minimum Gasteiger partial charge on any atom is -0.507 e. The van der Waals surface area contributed by atoms with Crippen LogP contribution in [0.2, 0.25) is 0 Å². The Bertz CT molecular complexity index is 1340. The van der Waals surface area contributed by atoms with Gasteiger partial charge in [-0.1, -0.05) is 54.6 Å². The SMILES string of the molecule is CC1(C)OB(C(=Cc2cc(F)ccc2O)CNC(=O)OCC2c3ccccc3-c3ccccc32)OC1(C)C. The molecule has 0 saturated carbocycles. The lowest BCUT2D eigenvalue weighted by atomic mass is 9.77. The molecule has 38 heavy (non-hydrogen) atoms. The first-order valence-corrected chi connectivity index (χ1v) is 12.7. The second-order valence-corrected chi connectivity index (χ2v) is 10.7. The number of alkyl carbamates (subject to hydrolysis) is 1. The molecule has 1 aliphatic carbocycles. The van der Waals surface area contributed by atoms with Gasteiger partial charge in [0.1, 0.15) is 18.2 Å². The largest absolute Gasteiger partial charge is 0.507 e. The van der Waals surface area contributed by atoms with E-state index in [0.29, 0.717) is 5.47 Å². The maximum Gasteiger partial charge on any atom is 0.492 e. The summed E-state index contributed by atoms with van der Waals surface area (Å²) >= 11 is 0. The Hall–Kier alpha value is -3.62. The first kappa shape index (κ1) is 26.0. The van der Waals surface area contributed by atoms with Crippen molar-refractivity contribution in [1.82, 2.24) is 5.32 Å². The number of amides is 1. The van der Waals surface area contributed by atoms with Crippen LogP contribution in [-0.2, 0) is 14.0 Å². The quantitative estimate of drug-likeness (QED) is 0.389. The van der Waals surface area contributed by atoms with Gasteiger partial charge in [-0.3, -0.25) is 0 Å². The Kier molecular flexibility index (Phi) is 6.80. The van der Waals surface area contributed by atoms with Gasteiger partial charge in [-0.2, -0.15) is 0 Å². The number of carbonyl (C=O) groups excluding carboxylic acids is 1. The van der Waals surface area contributed by atoms with Gasteiger partial charge in [-0.15, -0.1) is 0 Å². The van der Waals surface area contributed by atoms with E-state index in [4.69, 9.17) is 14.0 Å². The monoisotopic (exact) mass is 515 g/mol. The van der Waals surface area contributed by atoms with E-state index in [1.54, 1.807) is 6.08 Å². The Morgan fingerprint density at radius 1 is 1.00 bits per heavy atom. The maximum atomic E-state index is 13.9. The third-order valence-electron chi connectivity index (χ3n) is 7.67. The zero-order valence-electron chi connectivity index (χ0n) is 22.0. The molecule has 6 nitrogen and oxygen atoms in total. The smallest absolute Gasteiger partial charge is 0.492 e. The van der Waals surface area contributed by atoms with Gasteiger partial charge in [0.05, 0.1) is 11.2 Å². The maximum absolute atomic E-state index is 13.9. The van der Waals surface area contributed by atoms with Crippen LogP contribution in [0.3, 0.4) is 0 Å². The molecule has 8 heteroatoms. The van der Waals surface area contributed by atoms with Gasteiger partial charge in [0.25, 0.3) is 0 Å². The van der Waals surface area contributed by atoms with Gasteiger partial charge in [0.2, 0.25) is 0 Å². The van der Waals surface area contributed by atoms with Crippen LogP contribution in [-0.4, -0.2) is 42.7 Å². The van der Waals surface area contributed by atoms with E-state index < -0.39 is 30.2 Å². The van der Waals surface area contributed by atoms with Crippen LogP contribution in [0.25, 0.3) is 17.2 Å². The van der Waals surface area contributed by atoms with Gasteiger partial charge in [0, 0.05) is 18.0 Å². The number of rotatable bonds is 6. The summed E-state index contributed by atoms with van der Waals surface area (Å²) in [6.45, 7) is 7.88. The molecule has 0 spiro atoms. The molecule has 5 rings (SSSR count). The average Bonchev–Trinajstić information content (AvgIpc) is 3.31. The summed E-state index contributed by atoms with van der Waals surface area (Å²) in [5.41, 5.74) is 4.08. The van der Waals surface area contributed by atoms with Crippen LogP contribution in [0.1, 0.15) is 50.3 Å². The Morgan fingerprint density at radius 2 is 1.58 bits per heavy atom. The Morgan fingerprint density at radius 3 is 2.18 bits per heavy atom. The number of aromatic hydroxyl groups is 1. The highest BCUT2D eigenvalue weighted by atomic mass is 19.1. The fraction of sp³-hybridized carbons (Fsp3) is 0.300. The summed E-state index contributed by atoms with van der Waals surface area (Å²) in [6.07, 6.45) is 0.974. The standard InChI is InChI=1S/C30H31BFNO5/c1-29(2)30(3,4)38-31(37-29)20(15-19-16-21(32)13-14-27(19)34)17-33-28(35)36-18-26-24-11-7-5-9-22(24)23-10-6-8-12-25(23)26/h5-16,26,34H,17-18H2,1-4H3,(H,33,35). The Labute approximate surface area is 222 Å². The zero-order valence-corrected chi connectivity index (χ0v) is 22.0. The summed E-state index contributed by atoms with van der Waals surface area (Å²) in [6, 6.07) is 19.9. The summed E-state index contributed by atoms with van der Waals surface area (Å²) in [7, 11) is -0.809. The van der Waals surface area contributed by atoms with Crippen LogP contribution in [0, 0.1) is 5.82 Å². The van der Waals surface area contributed by atoms with E-state index in [0.717, 1.165) is 22.3 Å². The third-order valence-corrected chi connectivity index (χ3v) is 7.67. The first-order chi connectivity index (χ1) is 18.1. The molecule has 0 bridgehead atoms. The number of hydrogen-bond donors (Lipinski definition) is 2. The van der Waals surface area contributed by atoms with Crippen molar-refractivity contribution >= 4 is 19.3 Å². The van der Waals surface area contributed by atoms with Gasteiger partial charge in [-0.05, 0) is 73.6 Å². The van der Waals surface area contributed by atoms with Crippen molar-refractivity contribution in [2.24, 2.45) is 0 Å². The highest BCUT2D eigenvalue weighted by Crippen LogP contribution is 2.44. The van der Waals surface area contributed by atoms with E-state index in [1.165, 1.54) is 18.2 Å². The van der Waals surface area contributed by atoms with E-state index >= 15 is 0 Å². The second-order valence-electron chi connectivity index (χ2n) is 10.7. The number of fused-ring (bicyclic) bond motifs is 3. The minimum absolute atomic E-state index is 0.0173. The minimum atomic E-state index is -0.809. The number of ether oxygens (including phenoxy) is 1. The molecule has 2 N–H and O–H groups in total. The first-order valence-electron chi connectivity index (χ1n) is 12.7. The molecule has 1 heterocycles. The van der Waals surface area contributed by atoms with Crippen molar-refractivity contribution in [1.29, 1.82) is 0 Å². The predicted molar refractivity (Wildman–Crippen MR) is 145 cm³/mol. The van der Waals surface area contributed by atoms with Crippen molar-refractivity contribution in [3.63, 3.8) is 0 Å². The number of carbonyl (C=O) groups is 1. The van der Waals surface area contributed by atoms with Crippen LogP contribution in [0.5, 0.6) is 5.75 Å². The molecule has 3 aromatic rings. The molecule has 0 aromatic heterocycles. The number of benzene rings is 3. The molecular formula is C30H31BFNO5. The number of nitrogens with one attached hydrogen (secondary N) is 1. The lowest BCUT2D eigenvalue weighted by Gasteiger charge is -2.32. The van der Waals surface area contributed by atoms with Crippen molar-refractivity contribution in [2.45, 2.75) is 44.8 Å². The molecule has 0 unspecified atom stereocenters. The Balaban J connectivity index is 1.31. The highest BCUT2D eigenvalue weighted by molar-refractivity contribution is 6.56. The molecule has 0 radical (unpaired) electrons. The number of phenols is 1. The second kappa shape index (κ2) is 9.93. The molecule has 1 fully saturated rings. The highest BCUT2D eigenvalue weighted by Gasteiger charge is 2.52. The summed E-state index contributed by atoms with van der Waals surface area (Å²) < 4.78 is 31.9. The lowest BCUT2D eigenvalue weighted by Crippen LogP contribution is -2.41. The van der Waals surface area contributed by atoms with Crippen LogP contribution in [0.15, 0.2) is 72.2 Å². The van der Waals surface area contributed by atoms with Gasteiger partial charge >= 0.3 is 13.2 Å². The van der Waals surface area contributed by atoms with E-state index in [1.807, 2.05) is 52.0 Å². The lowest BCUT2D eigenvalue weighted by molar-refractivity contribution is 0.00578. The number of halogens is 1. The number of hydrogen-bond acceptors (Lipinski definition) is 5. The fourth-order valence-corrected chi connectivity index (χ4v) is 4.86. The fourth-order valence-electron chi connectivity index (χ4n) is 4.86. The summed E-state index contributed by atoms with van der Waals surface area (Å²) in [5.74, 6) is -0.649. The van der Waals surface area contributed by atoms with Gasteiger partial charge < -0.3 is 24.5 Å². The molecule has 1 saturated heterocycles. The van der Waals surface area contributed by atoms with Crippen LogP contribution >= 0.6 is 0 Å². The van der Waals surface area contributed by atoms with E-state index in [2.05, 4.69) is 29.6 Å². The molecule has 0 atom stereocenters. The molecule has 1 aliphatic heterocycles. The molecular weight excluding hydrogens is 484 g/mol. The normalized spacial score (nSPS) is 17.7. The molecule has 2 aliphatic rings. The van der Waals surface area contributed by atoms with Crippen molar-refractivity contribution < 1.29 is 28.3 Å². The predicted octanol–water partition coefficient (Wildman–Crippen LogP) is 6.08. The third kappa shape index (κ3) is 4.94. The average molecular weight is 515 g/mol. The van der Waals surface area contributed by atoms with Gasteiger partial charge in [-0.25, -0.2) is 9.18 Å². The zero-order chi connectivity index (χ0) is 27.1. The van der Waals surface area contributed by atoms with E-state index in [-0.39, 0.29) is 30.4 Å². The van der Waals surface area contributed by atoms with Crippen molar-refractivity contribution in [3.8, 4) is 16.9 Å².